The standard InChI is InChI=1S/C16H28N2O2/c1-12(2)20-14-8-6-7-13(15(14)17)18-11-16(3,4)9-10-19-5/h6-8,12,18H,9-11,17H2,1-5H3. The van der Waals surface area contributed by atoms with Crippen molar-refractivity contribution in [3.8, 4) is 5.75 Å². The molecule has 0 saturated carbocycles. The second-order valence-corrected chi connectivity index (χ2v) is 6.14. The first kappa shape index (κ1) is 16.6. The molecule has 4 nitrogen and oxygen atoms in total. The molecular weight excluding hydrogens is 252 g/mol. The number of methoxy groups -OCH3 is 1. The van der Waals surface area contributed by atoms with E-state index in [0.717, 1.165) is 31.0 Å². The Kier molecular flexibility index (Phi) is 6.14. The van der Waals surface area contributed by atoms with E-state index in [1.165, 1.54) is 0 Å². The van der Waals surface area contributed by atoms with Crippen molar-refractivity contribution in [2.75, 3.05) is 31.3 Å². The Bertz CT molecular complexity index is 417. The Balaban J connectivity index is 2.68. The Labute approximate surface area is 122 Å². The molecule has 0 spiro atoms. The summed E-state index contributed by atoms with van der Waals surface area (Å²) in [6.07, 6.45) is 1.11. The minimum atomic E-state index is 0.116. The summed E-state index contributed by atoms with van der Waals surface area (Å²) >= 11 is 0. The summed E-state index contributed by atoms with van der Waals surface area (Å²) in [6, 6.07) is 5.84. The van der Waals surface area contributed by atoms with Crippen LogP contribution in [0.4, 0.5) is 11.4 Å². The maximum absolute atomic E-state index is 6.15. The highest BCUT2D eigenvalue weighted by molar-refractivity contribution is 5.73. The molecule has 0 atom stereocenters. The largest absolute Gasteiger partial charge is 0.489 e. The highest BCUT2D eigenvalue weighted by Crippen LogP contribution is 2.31. The first-order valence-electron chi connectivity index (χ1n) is 7.13. The molecule has 1 rings (SSSR count). The van der Waals surface area contributed by atoms with Crippen molar-refractivity contribution in [1.82, 2.24) is 0 Å². The van der Waals surface area contributed by atoms with E-state index in [9.17, 15) is 0 Å². The van der Waals surface area contributed by atoms with E-state index in [0.29, 0.717) is 5.69 Å². The summed E-state index contributed by atoms with van der Waals surface area (Å²) in [5, 5.41) is 3.42. The van der Waals surface area contributed by atoms with Crippen molar-refractivity contribution in [1.29, 1.82) is 0 Å². The van der Waals surface area contributed by atoms with Gasteiger partial charge in [-0.1, -0.05) is 19.9 Å². The monoisotopic (exact) mass is 280 g/mol. The number of hydrogen-bond acceptors (Lipinski definition) is 4. The molecule has 4 heteroatoms. The van der Waals surface area contributed by atoms with Gasteiger partial charge in [-0.2, -0.15) is 0 Å². The van der Waals surface area contributed by atoms with Gasteiger partial charge in [-0.15, -0.1) is 0 Å². The Hall–Kier alpha value is -1.42. The maximum atomic E-state index is 6.15. The van der Waals surface area contributed by atoms with Gasteiger partial charge in [-0.25, -0.2) is 0 Å². The number of nitrogens with two attached hydrogens (primary N) is 1. The first-order chi connectivity index (χ1) is 9.35. The number of benzene rings is 1. The molecule has 1 aromatic carbocycles. The van der Waals surface area contributed by atoms with E-state index in [2.05, 4.69) is 19.2 Å². The van der Waals surface area contributed by atoms with Gasteiger partial charge in [0.05, 0.1) is 17.5 Å². The van der Waals surface area contributed by atoms with Crippen LogP contribution in [0.15, 0.2) is 18.2 Å². The smallest absolute Gasteiger partial charge is 0.144 e. The fourth-order valence-corrected chi connectivity index (χ4v) is 1.86. The van der Waals surface area contributed by atoms with Crippen LogP contribution in [0.2, 0.25) is 0 Å². The van der Waals surface area contributed by atoms with Gasteiger partial charge in [0.1, 0.15) is 5.75 Å². The van der Waals surface area contributed by atoms with Gasteiger partial charge in [-0.05, 0) is 37.8 Å². The first-order valence-corrected chi connectivity index (χ1v) is 7.13. The summed E-state index contributed by atoms with van der Waals surface area (Å²) in [4.78, 5) is 0. The van der Waals surface area contributed by atoms with E-state index in [4.69, 9.17) is 15.2 Å². The predicted molar refractivity (Wildman–Crippen MR) is 85.4 cm³/mol. The molecule has 3 N–H and O–H groups in total. The molecule has 0 radical (unpaired) electrons. The molecule has 1 aromatic rings. The normalized spacial score (nSPS) is 11.7. The van der Waals surface area contributed by atoms with E-state index in [1.807, 2.05) is 32.0 Å². The van der Waals surface area contributed by atoms with Crippen molar-refractivity contribution in [2.24, 2.45) is 5.41 Å². The minimum Gasteiger partial charge on any atom is -0.489 e. The van der Waals surface area contributed by atoms with Gasteiger partial charge < -0.3 is 20.5 Å². The fourth-order valence-electron chi connectivity index (χ4n) is 1.86. The van der Waals surface area contributed by atoms with Crippen LogP contribution < -0.4 is 15.8 Å². The second kappa shape index (κ2) is 7.39. The van der Waals surface area contributed by atoms with Crippen molar-refractivity contribution < 1.29 is 9.47 Å². The molecule has 0 unspecified atom stereocenters. The van der Waals surface area contributed by atoms with Crippen LogP contribution in [0.1, 0.15) is 34.1 Å². The predicted octanol–water partition coefficient (Wildman–Crippen LogP) is 3.53. The number of hydrogen-bond donors (Lipinski definition) is 2. The van der Waals surface area contributed by atoms with Crippen LogP contribution >= 0.6 is 0 Å². The molecule has 0 saturated heterocycles. The third-order valence-corrected chi connectivity index (χ3v) is 3.17. The third kappa shape index (κ3) is 5.29. The molecule has 0 aliphatic heterocycles. The number of anilines is 2. The molecule has 0 aromatic heterocycles. The minimum absolute atomic E-state index is 0.116. The Morgan fingerprint density at radius 2 is 2.00 bits per heavy atom. The lowest BCUT2D eigenvalue weighted by Crippen LogP contribution is -2.25. The summed E-state index contributed by atoms with van der Waals surface area (Å²) in [7, 11) is 1.73. The highest BCUT2D eigenvalue weighted by atomic mass is 16.5. The number of nitrogen functional groups attached to an aromatic ring is 1. The van der Waals surface area contributed by atoms with Gasteiger partial charge >= 0.3 is 0 Å². The van der Waals surface area contributed by atoms with Crippen molar-refractivity contribution in [3.63, 3.8) is 0 Å². The van der Waals surface area contributed by atoms with Gasteiger partial charge in [0, 0.05) is 20.3 Å². The maximum Gasteiger partial charge on any atom is 0.144 e. The molecule has 0 bridgehead atoms. The summed E-state index contributed by atoms with van der Waals surface area (Å²) in [5.41, 5.74) is 7.89. The zero-order valence-electron chi connectivity index (χ0n) is 13.3. The lowest BCUT2D eigenvalue weighted by Gasteiger charge is -2.26. The molecule has 0 amide bonds. The fraction of sp³-hybridized carbons (Fsp3) is 0.625. The number of ether oxygens (including phenoxy) is 2. The number of nitrogens with one attached hydrogen (secondary N) is 1. The molecule has 114 valence electrons. The highest BCUT2D eigenvalue weighted by Gasteiger charge is 2.18. The van der Waals surface area contributed by atoms with E-state index < -0.39 is 0 Å². The SMILES string of the molecule is COCCC(C)(C)CNc1cccc(OC(C)C)c1N. The quantitative estimate of drug-likeness (QED) is 0.715. The van der Waals surface area contributed by atoms with Crippen molar-refractivity contribution in [2.45, 2.75) is 40.2 Å². The Morgan fingerprint density at radius 3 is 2.60 bits per heavy atom. The molecule has 20 heavy (non-hydrogen) atoms. The van der Waals surface area contributed by atoms with Gasteiger partial charge in [0.15, 0.2) is 0 Å². The van der Waals surface area contributed by atoms with E-state index in [-0.39, 0.29) is 11.5 Å². The summed E-state index contributed by atoms with van der Waals surface area (Å²) < 4.78 is 10.8. The summed E-state index contributed by atoms with van der Waals surface area (Å²) in [5.74, 6) is 0.736. The Morgan fingerprint density at radius 1 is 1.30 bits per heavy atom. The average Bonchev–Trinajstić information content (AvgIpc) is 2.37. The van der Waals surface area contributed by atoms with Crippen LogP contribution in [-0.2, 0) is 4.74 Å². The lowest BCUT2D eigenvalue weighted by atomic mass is 9.89. The van der Waals surface area contributed by atoms with Gasteiger partial charge in [0.2, 0.25) is 0 Å². The van der Waals surface area contributed by atoms with Crippen LogP contribution in [0, 0.1) is 5.41 Å². The topological polar surface area (TPSA) is 56.5 Å². The zero-order chi connectivity index (χ0) is 15.2. The molecule has 0 heterocycles. The molecule has 0 aliphatic carbocycles. The van der Waals surface area contributed by atoms with Gasteiger partial charge in [-0.3, -0.25) is 0 Å². The zero-order valence-corrected chi connectivity index (χ0v) is 13.3. The average molecular weight is 280 g/mol. The second-order valence-electron chi connectivity index (χ2n) is 6.14. The third-order valence-electron chi connectivity index (χ3n) is 3.17. The van der Waals surface area contributed by atoms with Gasteiger partial charge in [0.25, 0.3) is 0 Å². The van der Waals surface area contributed by atoms with Crippen LogP contribution in [0.3, 0.4) is 0 Å². The van der Waals surface area contributed by atoms with Crippen molar-refractivity contribution >= 4 is 11.4 Å². The lowest BCUT2D eigenvalue weighted by molar-refractivity contribution is 0.157. The number of para-hydroxylation sites is 1. The van der Waals surface area contributed by atoms with Crippen LogP contribution in [0.5, 0.6) is 5.75 Å². The van der Waals surface area contributed by atoms with Crippen LogP contribution in [0.25, 0.3) is 0 Å². The van der Waals surface area contributed by atoms with E-state index in [1.54, 1.807) is 7.11 Å². The molecule has 0 aliphatic rings. The number of rotatable bonds is 8. The molecule has 0 fully saturated rings. The van der Waals surface area contributed by atoms with Crippen LogP contribution in [-0.4, -0.2) is 26.4 Å². The summed E-state index contributed by atoms with van der Waals surface area (Å²) in [6.45, 7) is 10.0. The van der Waals surface area contributed by atoms with E-state index >= 15 is 0 Å². The van der Waals surface area contributed by atoms with Crippen molar-refractivity contribution in [3.05, 3.63) is 18.2 Å². The molecular formula is C16H28N2O2.